The Morgan fingerprint density at radius 2 is 1.88 bits per heavy atom. The van der Waals surface area contributed by atoms with Crippen molar-refractivity contribution >= 4 is 23.0 Å². The fourth-order valence-electron chi connectivity index (χ4n) is 2.55. The molecule has 26 heavy (non-hydrogen) atoms. The lowest BCUT2D eigenvalue weighted by Gasteiger charge is -2.03. The summed E-state index contributed by atoms with van der Waals surface area (Å²) in [5.74, 6) is -1.03. The number of halogens is 1. The van der Waals surface area contributed by atoms with Gasteiger partial charge in [0.05, 0.1) is 5.52 Å². The normalized spacial score (nSPS) is 10.7. The fraction of sp³-hybridized carbons (Fsp3) is 0.211. The second-order valence-electron chi connectivity index (χ2n) is 5.81. The molecular weight excluding hydrogens is 335 g/mol. The summed E-state index contributed by atoms with van der Waals surface area (Å²) in [6.45, 7) is 2.59. The maximum Gasteiger partial charge on any atom is 0.287 e. The van der Waals surface area contributed by atoms with Gasteiger partial charge in [-0.1, -0.05) is 19.4 Å². The van der Waals surface area contributed by atoms with Gasteiger partial charge >= 0.3 is 0 Å². The number of nitrogens with one attached hydrogen (secondary N) is 2. The molecular formula is C19H19FN4O2. The molecule has 7 heteroatoms. The number of imidazole rings is 1. The summed E-state index contributed by atoms with van der Waals surface area (Å²) in [7, 11) is 0. The number of carbonyl (C=O) groups is 2. The molecule has 0 aliphatic rings. The number of fused-ring (bicyclic) bond motifs is 1. The SMILES string of the molecule is CCCCNC(=O)c1nc(C(=O)Nc2ccc(F)cc2)c2ccccn12. The first kappa shape index (κ1) is 17.6. The van der Waals surface area contributed by atoms with Crippen LogP contribution >= 0.6 is 0 Å². The van der Waals surface area contributed by atoms with Crippen LogP contribution in [0.2, 0.25) is 0 Å². The zero-order valence-corrected chi connectivity index (χ0v) is 14.3. The van der Waals surface area contributed by atoms with Crippen molar-refractivity contribution in [2.45, 2.75) is 19.8 Å². The van der Waals surface area contributed by atoms with E-state index in [1.165, 1.54) is 24.3 Å². The third-order valence-corrected chi connectivity index (χ3v) is 3.88. The number of benzene rings is 1. The highest BCUT2D eigenvalue weighted by Crippen LogP contribution is 2.16. The van der Waals surface area contributed by atoms with E-state index in [2.05, 4.69) is 15.6 Å². The van der Waals surface area contributed by atoms with Crippen LogP contribution in [0.15, 0.2) is 48.7 Å². The molecule has 134 valence electrons. The van der Waals surface area contributed by atoms with Crippen molar-refractivity contribution in [3.8, 4) is 0 Å². The van der Waals surface area contributed by atoms with Crippen LogP contribution in [-0.2, 0) is 0 Å². The lowest BCUT2D eigenvalue weighted by Crippen LogP contribution is -2.26. The molecule has 0 aliphatic heterocycles. The van der Waals surface area contributed by atoms with Gasteiger partial charge in [0.15, 0.2) is 5.69 Å². The van der Waals surface area contributed by atoms with Crippen LogP contribution in [0.4, 0.5) is 10.1 Å². The molecule has 2 amide bonds. The summed E-state index contributed by atoms with van der Waals surface area (Å²) in [4.78, 5) is 29.2. The number of hydrogen-bond donors (Lipinski definition) is 2. The molecule has 0 saturated heterocycles. The molecule has 0 unspecified atom stereocenters. The van der Waals surface area contributed by atoms with Gasteiger partial charge in [0.25, 0.3) is 11.8 Å². The van der Waals surface area contributed by atoms with E-state index >= 15 is 0 Å². The Morgan fingerprint density at radius 3 is 2.62 bits per heavy atom. The molecule has 0 fully saturated rings. The Kier molecular flexibility index (Phi) is 5.26. The highest BCUT2D eigenvalue weighted by molar-refractivity contribution is 6.08. The molecule has 0 atom stereocenters. The van der Waals surface area contributed by atoms with Gasteiger partial charge in [0, 0.05) is 18.4 Å². The summed E-state index contributed by atoms with van der Waals surface area (Å²) < 4.78 is 14.6. The Bertz CT molecular complexity index is 934. The highest BCUT2D eigenvalue weighted by atomic mass is 19.1. The van der Waals surface area contributed by atoms with E-state index in [0.717, 1.165) is 12.8 Å². The zero-order valence-electron chi connectivity index (χ0n) is 14.3. The molecule has 0 aliphatic carbocycles. The van der Waals surface area contributed by atoms with E-state index in [1.807, 2.05) is 6.92 Å². The number of aromatic nitrogens is 2. The third kappa shape index (κ3) is 3.72. The number of nitrogens with zero attached hydrogens (tertiary/aromatic N) is 2. The molecule has 2 N–H and O–H groups in total. The smallest absolute Gasteiger partial charge is 0.287 e. The largest absolute Gasteiger partial charge is 0.349 e. The van der Waals surface area contributed by atoms with E-state index in [0.29, 0.717) is 17.7 Å². The number of pyridine rings is 1. The van der Waals surface area contributed by atoms with Crippen LogP contribution in [0.5, 0.6) is 0 Å². The summed E-state index contributed by atoms with van der Waals surface area (Å²) in [6, 6.07) is 10.7. The first-order chi connectivity index (χ1) is 12.6. The molecule has 2 aromatic heterocycles. The maximum atomic E-state index is 13.0. The third-order valence-electron chi connectivity index (χ3n) is 3.88. The average Bonchev–Trinajstić information content (AvgIpc) is 3.04. The van der Waals surface area contributed by atoms with E-state index in [9.17, 15) is 14.0 Å². The number of unbranched alkanes of at least 4 members (excludes halogenated alkanes) is 1. The van der Waals surface area contributed by atoms with Crippen molar-refractivity contribution in [2.24, 2.45) is 0 Å². The van der Waals surface area contributed by atoms with Gasteiger partial charge < -0.3 is 10.6 Å². The van der Waals surface area contributed by atoms with Crippen molar-refractivity contribution < 1.29 is 14.0 Å². The Morgan fingerprint density at radius 1 is 1.12 bits per heavy atom. The molecule has 0 saturated carbocycles. The van der Waals surface area contributed by atoms with Crippen LogP contribution < -0.4 is 10.6 Å². The minimum absolute atomic E-state index is 0.135. The molecule has 0 radical (unpaired) electrons. The van der Waals surface area contributed by atoms with Gasteiger partial charge in [0.2, 0.25) is 5.82 Å². The first-order valence-corrected chi connectivity index (χ1v) is 8.42. The fourth-order valence-corrected chi connectivity index (χ4v) is 2.55. The molecule has 6 nitrogen and oxygen atoms in total. The molecule has 1 aromatic carbocycles. The topological polar surface area (TPSA) is 75.5 Å². The molecule has 3 aromatic rings. The Hall–Kier alpha value is -3.22. The second-order valence-corrected chi connectivity index (χ2v) is 5.81. The molecule has 3 rings (SSSR count). The number of carbonyl (C=O) groups excluding carboxylic acids is 2. The van der Waals surface area contributed by atoms with Gasteiger partial charge in [-0.2, -0.15) is 0 Å². The van der Waals surface area contributed by atoms with Crippen LogP contribution in [0.25, 0.3) is 5.52 Å². The summed E-state index contributed by atoms with van der Waals surface area (Å²) in [6.07, 6.45) is 3.52. The number of amides is 2. The zero-order chi connectivity index (χ0) is 18.5. The van der Waals surface area contributed by atoms with Crippen LogP contribution in [0.1, 0.15) is 40.9 Å². The van der Waals surface area contributed by atoms with E-state index in [1.54, 1.807) is 28.8 Å². The van der Waals surface area contributed by atoms with Gasteiger partial charge in [-0.15, -0.1) is 0 Å². The highest BCUT2D eigenvalue weighted by Gasteiger charge is 2.21. The van der Waals surface area contributed by atoms with Gasteiger partial charge in [-0.05, 0) is 42.8 Å². The lowest BCUT2D eigenvalue weighted by atomic mass is 10.2. The Labute approximate surface area is 150 Å². The van der Waals surface area contributed by atoms with E-state index in [-0.39, 0.29) is 23.2 Å². The predicted molar refractivity (Wildman–Crippen MR) is 96.8 cm³/mol. The van der Waals surface area contributed by atoms with Crippen molar-refractivity contribution in [2.75, 3.05) is 11.9 Å². The van der Waals surface area contributed by atoms with Crippen molar-refractivity contribution in [3.05, 3.63) is 66.0 Å². The minimum Gasteiger partial charge on any atom is -0.349 e. The van der Waals surface area contributed by atoms with E-state index in [4.69, 9.17) is 0 Å². The van der Waals surface area contributed by atoms with Crippen molar-refractivity contribution in [3.63, 3.8) is 0 Å². The summed E-state index contributed by atoms with van der Waals surface area (Å²) in [5, 5.41) is 5.47. The Balaban J connectivity index is 1.89. The van der Waals surface area contributed by atoms with Gasteiger partial charge in [-0.25, -0.2) is 9.37 Å². The number of hydrogen-bond acceptors (Lipinski definition) is 3. The first-order valence-electron chi connectivity index (χ1n) is 8.42. The summed E-state index contributed by atoms with van der Waals surface area (Å²) >= 11 is 0. The standard InChI is InChI=1S/C19H19FN4O2/c1-2-3-11-21-19(26)17-23-16(15-6-4-5-12-24(15)17)18(25)22-14-9-7-13(20)8-10-14/h4-10,12H,2-3,11H2,1H3,(H,21,26)(H,22,25). The van der Waals surface area contributed by atoms with Crippen molar-refractivity contribution in [1.82, 2.24) is 14.7 Å². The molecule has 0 spiro atoms. The van der Waals surface area contributed by atoms with Gasteiger partial charge in [-0.3, -0.25) is 14.0 Å². The van der Waals surface area contributed by atoms with E-state index < -0.39 is 5.91 Å². The maximum absolute atomic E-state index is 13.0. The van der Waals surface area contributed by atoms with Crippen molar-refractivity contribution in [1.29, 1.82) is 0 Å². The number of anilines is 1. The van der Waals surface area contributed by atoms with Gasteiger partial charge in [0.1, 0.15) is 5.82 Å². The number of rotatable bonds is 6. The molecule has 2 heterocycles. The summed E-state index contributed by atoms with van der Waals surface area (Å²) in [5.41, 5.74) is 1.10. The quantitative estimate of drug-likeness (QED) is 0.667. The van der Waals surface area contributed by atoms with Crippen LogP contribution in [-0.4, -0.2) is 27.7 Å². The predicted octanol–water partition coefficient (Wildman–Crippen LogP) is 3.26. The second kappa shape index (κ2) is 7.77. The monoisotopic (exact) mass is 354 g/mol. The van der Waals surface area contributed by atoms with Crippen LogP contribution in [0.3, 0.4) is 0 Å². The lowest BCUT2D eigenvalue weighted by molar-refractivity contribution is 0.0942. The average molecular weight is 354 g/mol. The van der Waals surface area contributed by atoms with Crippen LogP contribution in [0, 0.1) is 5.82 Å². The minimum atomic E-state index is -0.465. The molecule has 0 bridgehead atoms.